The van der Waals surface area contributed by atoms with Gasteiger partial charge in [0.25, 0.3) is 0 Å². The number of anilines is 12. The third kappa shape index (κ3) is 9.73. The summed E-state index contributed by atoms with van der Waals surface area (Å²) in [5.41, 5.74) is 16.9. The Labute approximate surface area is 412 Å². The number of carbonyl (C=O) groups is 1. The maximum Gasteiger partial charge on any atom is 0.193 e. The maximum atomic E-state index is 16.1. The van der Waals surface area contributed by atoms with Crippen LogP contribution in [0.4, 0.5) is 68.2 Å². The molecule has 0 heterocycles. The topological polar surface area (TPSA) is 30.0 Å². The second kappa shape index (κ2) is 20.1. The molecule has 70 heavy (non-hydrogen) atoms. The highest BCUT2D eigenvalue weighted by molar-refractivity contribution is 6.12. The van der Waals surface area contributed by atoms with Crippen LogP contribution in [-0.2, 0) is 0 Å². The summed E-state index contributed by atoms with van der Waals surface area (Å²) in [4.78, 5) is 25.1. The average Bonchev–Trinajstić information content (AvgIpc) is 3.40. The number of para-hydroxylation sites is 4. The van der Waals surface area contributed by atoms with Crippen molar-refractivity contribution in [3.8, 4) is 0 Å². The Balaban J connectivity index is 1.24. The number of nitrogens with zero attached hydrogens (tertiary/aromatic N) is 4. The van der Waals surface area contributed by atoms with Gasteiger partial charge in [0.2, 0.25) is 0 Å². The number of hydrogen-bond donors (Lipinski definition) is 0. The molecule has 340 valence electrons. The van der Waals surface area contributed by atoms with Gasteiger partial charge in [-0.05, 0) is 161 Å². The molecule has 10 aromatic carbocycles. The third-order valence-corrected chi connectivity index (χ3v) is 12.6. The minimum atomic E-state index is -0.117. The molecule has 0 radical (unpaired) electrons. The Morgan fingerprint density at radius 2 is 0.414 bits per heavy atom. The fraction of sp³-hybridized carbons (Fsp3) is 0.0615. The highest BCUT2D eigenvalue weighted by Crippen LogP contribution is 2.45. The van der Waals surface area contributed by atoms with Crippen molar-refractivity contribution < 1.29 is 4.79 Å². The molecular formula is C65H54N4O. The molecule has 5 nitrogen and oxygen atoms in total. The molecule has 0 aliphatic heterocycles. The number of aryl methyl sites for hydroxylation is 4. The molecule has 0 saturated carbocycles. The fourth-order valence-corrected chi connectivity index (χ4v) is 9.01. The molecule has 5 heteroatoms. The highest BCUT2D eigenvalue weighted by atomic mass is 16.1. The first-order valence-electron chi connectivity index (χ1n) is 23.8. The fourth-order valence-electron chi connectivity index (χ4n) is 9.01. The largest absolute Gasteiger partial charge is 0.310 e. The molecule has 10 aromatic rings. The molecule has 0 aliphatic rings. The van der Waals surface area contributed by atoms with Crippen molar-refractivity contribution in [2.45, 2.75) is 27.7 Å². The van der Waals surface area contributed by atoms with Gasteiger partial charge in [-0.15, -0.1) is 0 Å². The normalized spacial score (nSPS) is 10.9. The van der Waals surface area contributed by atoms with Crippen LogP contribution in [0.2, 0.25) is 0 Å². The lowest BCUT2D eigenvalue weighted by Crippen LogP contribution is -2.16. The summed E-state index contributed by atoms with van der Waals surface area (Å²) in [6.07, 6.45) is 0. The van der Waals surface area contributed by atoms with E-state index in [4.69, 9.17) is 0 Å². The average molecular weight is 907 g/mol. The molecule has 10 rings (SSSR count). The van der Waals surface area contributed by atoms with E-state index in [1.54, 1.807) is 0 Å². The Morgan fingerprint density at radius 1 is 0.229 bits per heavy atom. The second-order valence-corrected chi connectivity index (χ2v) is 17.8. The van der Waals surface area contributed by atoms with Crippen LogP contribution in [-0.4, -0.2) is 5.78 Å². The van der Waals surface area contributed by atoms with Crippen LogP contribution in [0.15, 0.2) is 255 Å². The summed E-state index contributed by atoms with van der Waals surface area (Å²) < 4.78 is 0. The molecule has 0 atom stereocenters. The first kappa shape index (κ1) is 44.9. The van der Waals surface area contributed by atoms with E-state index in [0.29, 0.717) is 11.1 Å². The van der Waals surface area contributed by atoms with Crippen molar-refractivity contribution in [3.05, 3.63) is 288 Å². The lowest BCUT2D eigenvalue weighted by atomic mass is 9.98. The van der Waals surface area contributed by atoms with Crippen molar-refractivity contribution in [2.24, 2.45) is 0 Å². The Morgan fingerprint density at radius 3 is 0.614 bits per heavy atom. The quantitative estimate of drug-likeness (QED) is 0.101. The summed E-state index contributed by atoms with van der Waals surface area (Å²) in [5, 5.41) is 0. The van der Waals surface area contributed by atoms with E-state index in [-0.39, 0.29) is 5.78 Å². The molecule has 0 aromatic heterocycles. The zero-order valence-corrected chi connectivity index (χ0v) is 39.9. The van der Waals surface area contributed by atoms with Crippen LogP contribution in [0, 0.1) is 27.7 Å². The van der Waals surface area contributed by atoms with Gasteiger partial charge in [-0.3, -0.25) is 4.79 Å². The molecule has 0 amide bonds. The highest BCUT2D eigenvalue weighted by Gasteiger charge is 2.25. The van der Waals surface area contributed by atoms with Crippen LogP contribution < -0.4 is 19.6 Å². The monoisotopic (exact) mass is 906 g/mol. The van der Waals surface area contributed by atoms with Crippen molar-refractivity contribution in [1.82, 2.24) is 0 Å². The van der Waals surface area contributed by atoms with Gasteiger partial charge in [0.1, 0.15) is 0 Å². The van der Waals surface area contributed by atoms with Gasteiger partial charge < -0.3 is 19.6 Å². The number of rotatable bonds is 14. The van der Waals surface area contributed by atoms with Crippen LogP contribution in [0.25, 0.3) is 0 Å². The van der Waals surface area contributed by atoms with Crippen LogP contribution >= 0.6 is 0 Å². The van der Waals surface area contributed by atoms with Gasteiger partial charge in [-0.25, -0.2) is 0 Å². The van der Waals surface area contributed by atoms with Gasteiger partial charge in [0, 0.05) is 79.4 Å². The summed E-state index contributed by atoms with van der Waals surface area (Å²) >= 11 is 0. The standard InChI is InChI=1S/C65H54N4O/c1-47-25-33-57(34-26-47)66(53-17-9-5-10-18-53)61-41-51(42-62(45-61)67(54-19-11-6-12-20-54)58-35-27-48(2)28-36-58)65(70)52-43-63(68(55-21-13-7-14-22-55)59-37-29-49(3)30-38-59)46-64(44-52)69(56-23-15-8-16-24-56)60-39-31-50(4)32-40-60/h5-46H,1-4H3. The Kier molecular flexibility index (Phi) is 12.9. The van der Waals surface area contributed by atoms with E-state index in [0.717, 1.165) is 90.5 Å². The summed E-state index contributed by atoms with van der Waals surface area (Å²) in [5.74, 6) is -0.117. The van der Waals surface area contributed by atoms with Gasteiger partial charge in [-0.1, -0.05) is 144 Å². The zero-order chi connectivity index (χ0) is 48.0. The van der Waals surface area contributed by atoms with Crippen LogP contribution in [0.1, 0.15) is 38.2 Å². The van der Waals surface area contributed by atoms with Crippen LogP contribution in [0.5, 0.6) is 0 Å². The van der Waals surface area contributed by atoms with Crippen molar-refractivity contribution >= 4 is 74.0 Å². The third-order valence-electron chi connectivity index (χ3n) is 12.6. The molecule has 0 bridgehead atoms. The first-order valence-corrected chi connectivity index (χ1v) is 23.8. The SMILES string of the molecule is Cc1ccc(N(c2ccccc2)c2cc(C(=O)c3cc(N(c4ccccc4)c4ccc(C)cc4)cc(N(c4ccccc4)c4ccc(C)cc4)c3)cc(N(c3ccccc3)c3ccc(C)cc3)c2)cc1. The Bertz CT molecular complexity index is 2900. The molecule has 0 fully saturated rings. The van der Waals surface area contributed by atoms with Crippen LogP contribution in [0.3, 0.4) is 0 Å². The summed E-state index contributed by atoms with van der Waals surface area (Å²) in [6.45, 7) is 8.41. The lowest BCUT2D eigenvalue weighted by molar-refractivity contribution is 0.103. The lowest BCUT2D eigenvalue weighted by Gasteiger charge is -2.31. The minimum absolute atomic E-state index is 0.117. The van der Waals surface area contributed by atoms with Gasteiger partial charge >= 0.3 is 0 Å². The smallest absolute Gasteiger partial charge is 0.193 e. The van der Waals surface area contributed by atoms with Gasteiger partial charge in [0.15, 0.2) is 5.78 Å². The maximum absolute atomic E-state index is 16.1. The summed E-state index contributed by atoms with van der Waals surface area (Å²) in [6, 6.07) is 88.4. The van der Waals surface area contributed by atoms with E-state index >= 15 is 4.79 Å². The van der Waals surface area contributed by atoms with Gasteiger partial charge in [0.05, 0.1) is 0 Å². The second-order valence-electron chi connectivity index (χ2n) is 17.8. The molecule has 0 aliphatic carbocycles. The van der Waals surface area contributed by atoms with Crippen molar-refractivity contribution in [1.29, 1.82) is 0 Å². The minimum Gasteiger partial charge on any atom is -0.310 e. The Hall–Kier alpha value is -8.93. The van der Waals surface area contributed by atoms with E-state index in [2.05, 4.69) is 254 Å². The van der Waals surface area contributed by atoms with Gasteiger partial charge in [-0.2, -0.15) is 0 Å². The van der Waals surface area contributed by atoms with E-state index < -0.39 is 0 Å². The van der Waals surface area contributed by atoms with E-state index in [1.165, 1.54) is 0 Å². The first-order chi connectivity index (χ1) is 34.3. The van der Waals surface area contributed by atoms with Crippen molar-refractivity contribution in [2.75, 3.05) is 19.6 Å². The zero-order valence-electron chi connectivity index (χ0n) is 39.9. The van der Waals surface area contributed by atoms with E-state index in [9.17, 15) is 0 Å². The molecule has 0 spiro atoms. The predicted molar refractivity (Wildman–Crippen MR) is 294 cm³/mol. The summed E-state index contributed by atoms with van der Waals surface area (Å²) in [7, 11) is 0. The predicted octanol–water partition coefficient (Wildman–Crippen LogP) is 18.0. The van der Waals surface area contributed by atoms with E-state index in [1.807, 2.05) is 48.5 Å². The molecule has 0 unspecified atom stereocenters. The number of carbonyl (C=O) groups excluding carboxylic acids is 1. The number of hydrogen-bond acceptors (Lipinski definition) is 5. The number of ketones is 1. The molecule has 0 N–H and O–H groups in total. The number of benzene rings is 10. The van der Waals surface area contributed by atoms with Crippen molar-refractivity contribution in [3.63, 3.8) is 0 Å². The molecule has 0 saturated heterocycles. The molecular weight excluding hydrogens is 853 g/mol.